The van der Waals surface area contributed by atoms with E-state index >= 15 is 0 Å². The number of hydrogen-bond donors (Lipinski definition) is 3. The van der Waals surface area contributed by atoms with Crippen LogP contribution in [0, 0.1) is 25.7 Å². The molecule has 0 saturated heterocycles. The molecule has 40 heavy (non-hydrogen) atoms. The van der Waals surface area contributed by atoms with Gasteiger partial charge in [-0.3, -0.25) is 9.59 Å². The number of aliphatic hydroxyl groups is 1. The first-order valence-electron chi connectivity index (χ1n) is 12.7. The Kier molecular flexibility index (Phi) is 4.57. The third kappa shape index (κ3) is 2.42. The van der Waals surface area contributed by atoms with Crippen molar-refractivity contribution in [1.29, 1.82) is 0 Å². The second kappa shape index (κ2) is 7.42. The first-order valence-corrected chi connectivity index (χ1v) is 12.7. The Morgan fingerprint density at radius 1 is 0.925 bits per heavy atom. The zero-order valence-electron chi connectivity index (χ0n) is 21.9. The molecule has 3 aliphatic carbocycles. The molecule has 5 atom stereocenters. The topological polar surface area (TPSA) is 166 Å². The first-order chi connectivity index (χ1) is 18.9. The van der Waals surface area contributed by atoms with Gasteiger partial charge in [0.05, 0.1) is 17.3 Å². The van der Waals surface area contributed by atoms with Gasteiger partial charge in [0.2, 0.25) is 0 Å². The molecule has 0 amide bonds. The van der Waals surface area contributed by atoms with Crippen molar-refractivity contribution in [2.75, 3.05) is 20.3 Å². The summed E-state index contributed by atoms with van der Waals surface area (Å²) in [6.07, 6.45) is -1.30. The minimum Gasteiger partial charge on any atom is -0.511 e. The molecule has 5 aliphatic rings. The highest BCUT2D eigenvalue weighted by Crippen LogP contribution is 2.71. The average molecular weight is 549 g/mol. The molecule has 0 unspecified atom stereocenters. The van der Waals surface area contributed by atoms with Crippen LogP contribution < -0.4 is 0 Å². The first kappa shape index (κ1) is 24.6. The van der Waals surface area contributed by atoms with Gasteiger partial charge in [-0.25, -0.2) is 9.59 Å². The number of ketones is 1. The van der Waals surface area contributed by atoms with E-state index in [-0.39, 0.29) is 51.5 Å². The van der Waals surface area contributed by atoms with Crippen LogP contribution >= 0.6 is 0 Å². The van der Waals surface area contributed by atoms with Gasteiger partial charge in [0, 0.05) is 30.7 Å². The molecule has 1 fully saturated rings. The lowest BCUT2D eigenvalue weighted by Gasteiger charge is -2.48. The summed E-state index contributed by atoms with van der Waals surface area (Å²) < 4.78 is 23.1. The normalized spacial score (nSPS) is 30.7. The maximum Gasteiger partial charge on any atom is 0.342 e. The Morgan fingerprint density at radius 2 is 1.57 bits per heavy atom. The minimum atomic E-state index is -1.74. The summed E-state index contributed by atoms with van der Waals surface area (Å²) in [6.45, 7) is 3.74. The number of esters is 3. The summed E-state index contributed by atoms with van der Waals surface area (Å²) in [7, 11) is 1.35. The van der Waals surface area contributed by atoms with Gasteiger partial charge in [-0.1, -0.05) is 0 Å². The molecule has 2 bridgehead atoms. The van der Waals surface area contributed by atoms with Gasteiger partial charge < -0.3 is 34.3 Å². The van der Waals surface area contributed by atoms with Gasteiger partial charge in [0.1, 0.15) is 53.3 Å². The van der Waals surface area contributed by atoms with Crippen LogP contribution in [-0.2, 0) is 34.8 Å². The Morgan fingerprint density at radius 3 is 2.25 bits per heavy atom. The number of aliphatic hydroxyl groups excluding tert-OH is 1. The molecule has 2 aromatic carbocycles. The van der Waals surface area contributed by atoms with Gasteiger partial charge in [-0.2, -0.15) is 0 Å². The lowest BCUT2D eigenvalue weighted by molar-refractivity contribution is -0.154. The highest BCUT2D eigenvalue weighted by Gasteiger charge is 2.80. The number of Topliss-reactive ketones (excluding diaryl/α,β-unsaturated/α-hetero) is 1. The second-order valence-corrected chi connectivity index (χ2v) is 11.0. The van der Waals surface area contributed by atoms with Crippen molar-refractivity contribution in [1.82, 2.24) is 0 Å². The number of hydrogen-bond acceptors (Lipinski definition) is 11. The molecule has 3 N–H and O–H groups in total. The fourth-order valence-corrected chi connectivity index (χ4v) is 8.22. The minimum absolute atomic E-state index is 0.123. The van der Waals surface area contributed by atoms with Crippen LogP contribution in [0.3, 0.4) is 0 Å². The summed E-state index contributed by atoms with van der Waals surface area (Å²) in [5, 5.41) is 33.8. The van der Waals surface area contributed by atoms with Crippen LogP contribution in [-0.4, -0.2) is 65.4 Å². The Bertz CT molecular complexity index is 1680. The molecule has 2 aromatic rings. The number of rotatable bonds is 2. The molecule has 2 heterocycles. The van der Waals surface area contributed by atoms with E-state index in [2.05, 4.69) is 0 Å². The van der Waals surface area contributed by atoms with Crippen molar-refractivity contribution in [2.45, 2.75) is 37.9 Å². The van der Waals surface area contributed by atoms with Crippen molar-refractivity contribution >= 4 is 29.3 Å². The molecule has 206 valence electrons. The maximum absolute atomic E-state index is 14.6. The predicted molar refractivity (Wildman–Crippen MR) is 133 cm³/mol. The van der Waals surface area contributed by atoms with E-state index in [4.69, 9.17) is 18.9 Å². The Hall–Kier alpha value is -4.38. The van der Waals surface area contributed by atoms with Crippen molar-refractivity contribution < 1.29 is 53.4 Å². The number of fused-ring (bicyclic) bond motifs is 4. The number of cyclic esters (lactones) is 2. The molecule has 11 nitrogen and oxygen atoms in total. The quantitative estimate of drug-likeness (QED) is 0.373. The number of ether oxygens (including phenoxy) is 4. The number of carbonyl (C=O) groups excluding carboxylic acids is 4. The molecule has 1 spiro atoms. The van der Waals surface area contributed by atoms with Crippen LogP contribution in [0.15, 0.2) is 17.9 Å². The molecule has 7 rings (SSSR count). The van der Waals surface area contributed by atoms with Gasteiger partial charge in [0.15, 0.2) is 5.78 Å². The number of aryl methyl sites for hydroxylation is 2. The highest BCUT2D eigenvalue weighted by atomic mass is 16.6. The molecular weight excluding hydrogens is 524 g/mol. The van der Waals surface area contributed by atoms with Gasteiger partial charge >= 0.3 is 17.9 Å². The fraction of sp³-hybridized carbons (Fsp3) is 0.379. The number of methoxy groups -OCH3 is 1. The van der Waals surface area contributed by atoms with Crippen molar-refractivity contribution in [2.24, 2.45) is 11.8 Å². The smallest absolute Gasteiger partial charge is 0.342 e. The number of phenols is 2. The monoisotopic (exact) mass is 548 g/mol. The Balaban J connectivity index is 1.71. The van der Waals surface area contributed by atoms with Crippen LogP contribution in [0.2, 0.25) is 0 Å². The number of benzene rings is 2. The van der Waals surface area contributed by atoms with Crippen molar-refractivity contribution in [3.05, 3.63) is 62.4 Å². The predicted octanol–water partition coefficient (Wildman–Crippen LogP) is 2.49. The van der Waals surface area contributed by atoms with E-state index in [0.29, 0.717) is 16.7 Å². The largest absolute Gasteiger partial charge is 0.511 e. The Labute approximate surface area is 226 Å². The molecule has 0 radical (unpaired) electrons. The van der Waals surface area contributed by atoms with Gasteiger partial charge in [-0.15, -0.1) is 0 Å². The number of carbonyl (C=O) groups is 4. The standard InChI is InChI=1S/C29H24O11/c1-9-5-14(32)18-20-15(9)23(34)21-25(40-11(3)30)28(20,8-39-27(18)36)24-22(33)12-7-38-26(35)17-13(31)6-10(2)19(16(12)17)29(21,24)37-4/h5-6,21,24-25,31-33H,7-8H2,1-4H3/t21-,24+,25-,28-,29+/m0/s1. The third-order valence-corrected chi connectivity index (χ3v) is 9.32. The van der Waals surface area contributed by atoms with Gasteiger partial charge in [-0.05, 0) is 48.2 Å². The van der Waals surface area contributed by atoms with E-state index < -0.39 is 65.0 Å². The summed E-state index contributed by atoms with van der Waals surface area (Å²) in [5.41, 5.74) is -1.88. The van der Waals surface area contributed by atoms with E-state index in [0.717, 1.165) is 0 Å². The zero-order chi connectivity index (χ0) is 28.6. The molecule has 11 heteroatoms. The fourth-order valence-electron chi connectivity index (χ4n) is 8.22. The SMILES string of the molecule is CO[C@@]12c3c(C)cc(O)c4c3C(=C(O)[C@@H]1[C@]13COC(=O)c5c(O)cc(C)c(c51)C(=O)[C@H]2[C@@H]3OC(C)=O)COC4=O. The zero-order valence-corrected chi connectivity index (χ0v) is 21.9. The third-order valence-electron chi connectivity index (χ3n) is 9.32. The van der Waals surface area contributed by atoms with Crippen molar-refractivity contribution in [3.8, 4) is 11.5 Å². The van der Waals surface area contributed by atoms with Gasteiger partial charge in [0.25, 0.3) is 0 Å². The maximum atomic E-state index is 14.6. The van der Waals surface area contributed by atoms with Crippen LogP contribution in [0.5, 0.6) is 11.5 Å². The van der Waals surface area contributed by atoms with Crippen LogP contribution in [0.25, 0.3) is 5.57 Å². The second-order valence-electron chi connectivity index (χ2n) is 11.0. The molecule has 2 aliphatic heterocycles. The summed E-state index contributed by atoms with van der Waals surface area (Å²) in [4.78, 5) is 53.1. The number of aromatic hydroxyl groups is 2. The average Bonchev–Trinajstić information content (AvgIpc) is 3.06. The van der Waals surface area contributed by atoms with E-state index in [1.807, 2.05) is 0 Å². The number of phenolic OH excluding ortho intramolecular Hbond substituents is 2. The summed E-state index contributed by atoms with van der Waals surface area (Å²) in [5.74, 6) is -6.47. The lowest BCUT2D eigenvalue weighted by atomic mass is 9.60. The summed E-state index contributed by atoms with van der Waals surface area (Å²) >= 11 is 0. The molecular formula is C29H24O11. The van der Waals surface area contributed by atoms with Crippen molar-refractivity contribution in [3.63, 3.8) is 0 Å². The molecule has 0 aromatic heterocycles. The highest BCUT2D eigenvalue weighted by molar-refractivity contribution is 6.11. The van der Waals surface area contributed by atoms with Crippen LogP contribution in [0.4, 0.5) is 0 Å². The van der Waals surface area contributed by atoms with E-state index in [9.17, 15) is 34.5 Å². The van der Waals surface area contributed by atoms with E-state index in [1.54, 1.807) is 13.8 Å². The van der Waals surface area contributed by atoms with Crippen LogP contribution in [0.1, 0.15) is 65.8 Å². The molecule has 1 saturated carbocycles. The van der Waals surface area contributed by atoms with E-state index in [1.165, 1.54) is 26.2 Å². The lowest BCUT2D eigenvalue weighted by Crippen LogP contribution is -2.56. The summed E-state index contributed by atoms with van der Waals surface area (Å²) in [6, 6.07) is 2.67.